The van der Waals surface area contributed by atoms with Crippen LogP contribution in [0.15, 0.2) is 42.9 Å². The molecular formula is C19H17ClN8OS. The van der Waals surface area contributed by atoms with Crippen LogP contribution in [0, 0.1) is 11.3 Å². The first-order valence-electron chi connectivity index (χ1n) is 8.58. The number of imidazole rings is 1. The zero-order chi connectivity index (χ0) is 20.5. The molecule has 0 aliphatic heterocycles. The fraction of sp³-hybridized carbons (Fsp3) is 0.105. The van der Waals surface area contributed by atoms with Gasteiger partial charge in [-0.05, 0) is 37.3 Å². The van der Waals surface area contributed by atoms with Crippen LogP contribution in [-0.2, 0) is 0 Å². The van der Waals surface area contributed by atoms with Crippen LogP contribution >= 0.6 is 25.1 Å². The van der Waals surface area contributed by atoms with E-state index in [1.54, 1.807) is 24.3 Å². The third kappa shape index (κ3) is 3.80. The second-order valence-corrected chi connectivity index (χ2v) is 6.69. The molecule has 1 atom stereocenters. The molecule has 152 valence electrons. The van der Waals surface area contributed by atoms with E-state index in [4.69, 9.17) is 17.3 Å². The van der Waals surface area contributed by atoms with Gasteiger partial charge in [-0.3, -0.25) is 0 Å². The van der Waals surface area contributed by atoms with Gasteiger partial charge in [-0.25, -0.2) is 19.5 Å². The summed E-state index contributed by atoms with van der Waals surface area (Å²) < 4.78 is 1.53. The van der Waals surface area contributed by atoms with E-state index in [1.807, 2.05) is 19.1 Å². The Morgan fingerprint density at radius 2 is 1.97 bits per heavy atom. The number of benzene rings is 1. The van der Waals surface area contributed by atoms with Crippen molar-refractivity contribution in [1.29, 1.82) is 5.26 Å². The molecule has 0 saturated carbocycles. The van der Waals surface area contributed by atoms with Crippen LogP contribution in [0.5, 0.6) is 5.75 Å². The van der Waals surface area contributed by atoms with Gasteiger partial charge < -0.3 is 16.2 Å². The lowest BCUT2D eigenvalue weighted by molar-refractivity contribution is 0.475. The van der Waals surface area contributed by atoms with E-state index in [0.717, 1.165) is 11.1 Å². The highest BCUT2D eigenvalue weighted by atomic mass is 35.5. The molecule has 0 aliphatic carbocycles. The zero-order valence-corrected chi connectivity index (χ0v) is 17.5. The van der Waals surface area contributed by atoms with E-state index in [9.17, 15) is 10.4 Å². The van der Waals surface area contributed by atoms with E-state index < -0.39 is 0 Å². The third-order valence-electron chi connectivity index (χ3n) is 4.43. The summed E-state index contributed by atoms with van der Waals surface area (Å²) in [7, 11) is 0. The van der Waals surface area contributed by atoms with Crippen molar-refractivity contribution in [2.75, 3.05) is 11.1 Å². The lowest BCUT2D eigenvalue weighted by atomic mass is 10.0. The van der Waals surface area contributed by atoms with Crippen molar-refractivity contribution in [1.82, 2.24) is 24.6 Å². The number of aromatic nitrogens is 5. The summed E-state index contributed by atoms with van der Waals surface area (Å²) in [5.74, 6) is 0.577. The molecule has 3 heterocycles. The highest BCUT2D eigenvalue weighted by molar-refractivity contribution is 7.59. The van der Waals surface area contributed by atoms with Gasteiger partial charge >= 0.3 is 0 Å². The molecule has 3 aromatic heterocycles. The van der Waals surface area contributed by atoms with Crippen molar-refractivity contribution in [2.24, 2.45) is 0 Å². The summed E-state index contributed by atoms with van der Waals surface area (Å²) >= 11 is 6.19. The van der Waals surface area contributed by atoms with Crippen molar-refractivity contribution in [2.45, 2.75) is 13.0 Å². The number of aromatic hydroxyl groups is 1. The fourth-order valence-electron chi connectivity index (χ4n) is 2.98. The van der Waals surface area contributed by atoms with Gasteiger partial charge in [0.1, 0.15) is 35.3 Å². The number of nitrogen functional groups attached to an aromatic ring is 1. The van der Waals surface area contributed by atoms with E-state index in [0.29, 0.717) is 22.3 Å². The minimum absolute atomic E-state index is 0. The van der Waals surface area contributed by atoms with Crippen LogP contribution in [0.1, 0.15) is 24.1 Å². The van der Waals surface area contributed by atoms with Crippen LogP contribution in [0.2, 0.25) is 5.15 Å². The number of anilines is 2. The van der Waals surface area contributed by atoms with Gasteiger partial charge in [-0.15, -0.1) is 0 Å². The first-order valence-corrected chi connectivity index (χ1v) is 8.96. The molecule has 0 unspecified atom stereocenters. The van der Waals surface area contributed by atoms with Gasteiger partial charge in [0.15, 0.2) is 10.8 Å². The van der Waals surface area contributed by atoms with E-state index in [1.165, 1.54) is 17.0 Å². The topological polar surface area (TPSA) is 138 Å². The molecule has 30 heavy (non-hydrogen) atoms. The van der Waals surface area contributed by atoms with Crippen LogP contribution in [-0.4, -0.2) is 29.7 Å². The molecular weight excluding hydrogens is 424 g/mol. The Balaban J connectivity index is 0.00000256. The van der Waals surface area contributed by atoms with Crippen LogP contribution in [0.3, 0.4) is 0 Å². The van der Waals surface area contributed by atoms with Crippen molar-refractivity contribution in [3.63, 3.8) is 0 Å². The molecule has 0 aliphatic rings. The second-order valence-electron chi connectivity index (χ2n) is 6.31. The second kappa shape index (κ2) is 8.44. The molecule has 0 saturated heterocycles. The van der Waals surface area contributed by atoms with E-state index >= 15 is 0 Å². The normalized spacial score (nSPS) is 11.5. The lowest BCUT2D eigenvalue weighted by Gasteiger charge is -2.19. The molecule has 9 nitrogen and oxygen atoms in total. The summed E-state index contributed by atoms with van der Waals surface area (Å²) in [5.41, 5.74) is 8.74. The molecule has 0 radical (unpaired) electrons. The van der Waals surface area contributed by atoms with Crippen molar-refractivity contribution in [3.8, 4) is 23.1 Å². The van der Waals surface area contributed by atoms with Crippen LogP contribution in [0.25, 0.3) is 16.9 Å². The number of nitrogens with one attached hydrogen (secondary N) is 1. The fourth-order valence-corrected chi connectivity index (χ4v) is 3.15. The van der Waals surface area contributed by atoms with Gasteiger partial charge in [-0.1, -0.05) is 11.6 Å². The Morgan fingerprint density at radius 1 is 1.23 bits per heavy atom. The number of hydrogen-bond acceptors (Lipinski definition) is 8. The Morgan fingerprint density at radius 3 is 2.67 bits per heavy atom. The zero-order valence-electron chi connectivity index (χ0n) is 15.7. The largest absolute Gasteiger partial charge is 0.508 e. The maximum Gasteiger partial charge on any atom is 0.155 e. The Kier molecular flexibility index (Phi) is 5.96. The summed E-state index contributed by atoms with van der Waals surface area (Å²) in [5, 5.41) is 27.2. The molecule has 4 rings (SSSR count). The first-order chi connectivity index (χ1) is 14.0. The van der Waals surface area contributed by atoms with E-state index in [2.05, 4.69) is 25.4 Å². The Labute approximate surface area is 183 Å². The third-order valence-corrected chi connectivity index (χ3v) is 4.69. The minimum Gasteiger partial charge on any atom is -0.508 e. The van der Waals surface area contributed by atoms with Crippen LogP contribution < -0.4 is 11.1 Å². The number of phenols is 1. The quantitative estimate of drug-likeness (QED) is 0.439. The molecule has 11 heteroatoms. The predicted molar refractivity (Wildman–Crippen MR) is 119 cm³/mol. The van der Waals surface area contributed by atoms with Crippen molar-refractivity contribution < 1.29 is 5.11 Å². The van der Waals surface area contributed by atoms with Gasteiger partial charge in [0.2, 0.25) is 0 Å². The minimum atomic E-state index is -0.312. The lowest BCUT2D eigenvalue weighted by Crippen LogP contribution is -2.13. The highest BCUT2D eigenvalue weighted by Gasteiger charge is 2.19. The first kappa shape index (κ1) is 21.2. The van der Waals surface area contributed by atoms with Gasteiger partial charge in [0, 0.05) is 11.1 Å². The molecule has 1 aromatic carbocycles. The molecule has 4 N–H and O–H groups in total. The number of nitrogens with two attached hydrogens (primary N) is 1. The number of hydrogen-bond donors (Lipinski definition) is 3. The molecule has 0 spiro atoms. The average Bonchev–Trinajstić information content (AvgIpc) is 3.08. The van der Waals surface area contributed by atoms with Gasteiger partial charge in [0.05, 0.1) is 17.9 Å². The average molecular weight is 441 g/mol. The number of halogens is 1. The van der Waals surface area contributed by atoms with Crippen molar-refractivity contribution >= 4 is 42.4 Å². The summed E-state index contributed by atoms with van der Waals surface area (Å²) in [6.45, 7) is 1.90. The van der Waals surface area contributed by atoms with Crippen molar-refractivity contribution in [3.05, 3.63) is 59.1 Å². The Hall–Kier alpha value is -3.55. The summed E-state index contributed by atoms with van der Waals surface area (Å²) in [6, 6.07) is 10.2. The number of rotatable bonds is 4. The Bertz CT molecular complexity index is 1250. The van der Waals surface area contributed by atoms with Gasteiger partial charge in [-0.2, -0.15) is 23.9 Å². The maximum atomic E-state index is 9.62. The SMILES string of the molecule is C[C@H](Nc1ncnc(N)c1C#N)c1cc2ncc(Cl)n2nc1-c1ccc(O)cc1.S. The number of nitrogens with zero attached hydrogens (tertiary/aromatic N) is 6. The predicted octanol–water partition coefficient (Wildman–Crippen LogP) is 3.29. The summed E-state index contributed by atoms with van der Waals surface area (Å²) in [6.07, 6.45) is 2.81. The maximum absolute atomic E-state index is 9.62. The highest BCUT2D eigenvalue weighted by Crippen LogP contribution is 2.31. The molecule has 4 aromatic rings. The standard InChI is InChI=1S/C19H15ClN8O.H2S/c1-10(26-19-14(7-21)18(22)24-9-25-19)13-6-16-23-8-15(20)28(16)27-17(13)11-2-4-12(29)5-3-11;/h2-6,8-10,29H,1H3,(H3,22,24,25,26);1H2/t10-;/m0./s1. The number of fused-ring (bicyclic) bond motifs is 1. The van der Waals surface area contributed by atoms with Crippen LogP contribution in [0.4, 0.5) is 11.6 Å². The molecule has 0 bridgehead atoms. The smallest absolute Gasteiger partial charge is 0.155 e. The number of nitriles is 1. The van der Waals surface area contributed by atoms with E-state index in [-0.39, 0.29) is 36.7 Å². The number of phenolic OH excluding ortho intramolecular Hbond substituents is 1. The summed E-state index contributed by atoms with van der Waals surface area (Å²) in [4.78, 5) is 12.3. The molecule has 0 fully saturated rings. The monoisotopic (exact) mass is 440 g/mol. The molecule has 0 amide bonds. The van der Waals surface area contributed by atoms with Gasteiger partial charge in [0.25, 0.3) is 0 Å².